The van der Waals surface area contributed by atoms with Crippen LogP contribution in [0.3, 0.4) is 0 Å². The van der Waals surface area contributed by atoms with Crippen molar-refractivity contribution in [1.29, 1.82) is 0 Å². The summed E-state index contributed by atoms with van der Waals surface area (Å²) in [6.07, 6.45) is 2.69. The van der Waals surface area contributed by atoms with Crippen LogP contribution in [0, 0.1) is 0 Å². The second kappa shape index (κ2) is 5.08. The van der Waals surface area contributed by atoms with Crippen LogP contribution in [0.15, 0.2) is 24.3 Å². The van der Waals surface area contributed by atoms with Gasteiger partial charge in [0.05, 0.1) is 23.9 Å². The Kier molecular flexibility index (Phi) is 3.30. The van der Waals surface area contributed by atoms with Gasteiger partial charge in [-0.2, -0.15) is 5.10 Å². The standard InChI is InChI=1S/C14H19N3O/c1-17-14-7-3-2-6-12(14)13(16-17)10-18-11-5-4-8-15-9-11/h2-3,6-7,11,15H,4-5,8-10H2,1H3. The zero-order valence-corrected chi connectivity index (χ0v) is 10.7. The monoisotopic (exact) mass is 245 g/mol. The first-order valence-electron chi connectivity index (χ1n) is 6.57. The average molecular weight is 245 g/mol. The Bertz CT molecular complexity index is 529. The summed E-state index contributed by atoms with van der Waals surface area (Å²) in [5.74, 6) is 0. The van der Waals surface area contributed by atoms with Gasteiger partial charge in [0, 0.05) is 19.0 Å². The highest BCUT2D eigenvalue weighted by molar-refractivity contribution is 5.81. The fourth-order valence-corrected chi connectivity index (χ4v) is 2.55. The van der Waals surface area contributed by atoms with Crippen molar-refractivity contribution < 1.29 is 4.74 Å². The van der Waals surface area contributed by atoms with Gasteiger partial charge in [-0.05, 0) is 25.5 Å². The molecule has 0 radical (unpaired) electrons. The van der Waals surface area contributed by atoms with Crippen molar-refractivity contribution in [3.63, 3.8) is 0 Å². The van der Waals surface area contributed by atoms with E-state index in [0.717, 1.165) is 30.7 Å². The third-order valence-electron chi connectivity index (χ3n) is 3.54. The minimum atomic E-state index is 0.333. The Labute approximate surface area is 107 Å². The summed E-state index contributed by atoms with van der Waals surface area (Å²) in [5.41, 5.74) is 2.21. The molecule has 1 unspecified atom stereocenters. The number of nitrogens with zero attached hydrogens (tertiary/aromatic N) is 2. The quantitative estimate of drug-likeness (QED) is 0.897. The molecule has 0 aliphatic carbocycles. The molecule has 4 heteroatoms. The van der Waals surface area contributed by atoms with Crippen molar-refractivity contribution in [2.24, 2.45) is 7.05 Å². The molecule has 2 heterocycles. The van der Waals surface area contributed by atoms with E-state index in [0.29, 0.717) is 12.7 Å². The number of aryl methyl sites for hydroxylation is 1. The Morgan fingerprint density at radius 3 is 3.17 bits per heavy atom. The average Bonchev–Trinajstić information content (AvgIpc) is 2.75. The molecule has 1 aliphatic rings. The van der Waals surface area contributed by atoms with E-state index in [1.165, 1.54) is 11.8 Å². The van der Waals surface area contributed by atoms with Gasteiger partial charge in [0.15, 0.2) is 0 Å². The molecule has 0 amide bonds. The number of para-hydroxylation sites is 1. The molecule has 2 aromatic rings. The predicted octanol–water partition coefficient (Wildman–Crippen LogP) is 1.84. The van der Waals surface area contributed by atoms with E-state index in [1.54, 1.807) is 0 Å². The molecule has 0 spiro atoms. The molecule has 1 aliphatic heterocycles. The van der Waals surface area contributed by atoms with E-state index in [9.17, 15) is 0 Å². The van der Waals surface area contributed by atoms with Gasteiger partial charge in [0.1, 0.15) is 0 Å². The number of fused-ring (bicyclic) bond motifs is 1. The summed E-state index contributed by atoms with van der Waals surface area (Å²) in [6.45, 7) is 2.69. The van der Waals surface area contributed by atoms with E-state index in [1.807, 2.05) is 17.8 Å². The van der Waals surface area contributed by atoms with Crippen LogP contribution in [-0.4, -0.2) is 29.0 Å². The van der Waals surface area contributed by atoms with Gasteiger partial charge in [-0.3, -0.25) is 4.68 Å². The summed E-state index contributed by atoms with van der Waals surface area (Å²) < 4.78 is 7.88. The summed E-state index contributed by atoms with van der Waals surface area (Å²) in [7, 11) is 1.98. The number of benzene rings is 1. The van der Waals surface area contributed by atoms with Gasteiger partial charge in [-0.25, -0.2) is 0 Å². The smallest absolute Gasteiger partial charge is 0.0960 e. The summed E-state index contributed by atoms with van der Waals surface area (Å²) in [4.78, 5) is 0. The van der Waals surface area contributed by atoms with E-state index in [2.05, 4.69) is 28.6 Å². The minimum absolute atomic E-state index is 0.333. The second-order valence-corrected chi connectivity index (χ2v) is 4.87. The summed E-state index contributed by atoms with van der Waals surface area (Å²) in [6, 6.07) is 8.30. The van der Waals surface area contributed by atoms with Crippen molar-refractivity contribution >= 4 is 10.9 Å². The third-order valence-corrected chi connectivity index (χ3v) is 3.54. The number of rotatable bonds is 3. The predicted molar refractivity (Wildman–Crippen MR) is 71.4 cm³/mol. The fraction of sp³-hybridized carbons (Fsp3) is 0.500. The van der Waals surface area contributed by atoms with Crippen molar-refractivity contribution in [2.75, 3.05) is 13.1 Å². The van der Waals surface area contributed by atoms with Gasteiger partial charge in [-0.15, -0.1) is 0 Å². The normalized spacial score (nSPS) is 20.4. The Balaban J connectivity index is 1.74. The van der Waals surface area contributed by atoms with Crippen LogP contribution in [0.1, 0.15) is 18.5 Å². The van der Waals surface area contributed by atoms with Gasteiger partial charge in [-0.1, -0.05) is 18.2 Å². The maximum atomic E-state index is 5.95. The lowest BCUT2D eigenvalue weighted by molar-refractivity contribution is 0.0239. The van der Waals surface area contributed by atoms with Gasteiger partial charge in [0.2, 0.25) is 0 Å². The molecule has 1 saturated heterocycles. The van der Waals surface area contributed by atoms with Crippen molar-refractivity contribution in [3.8, 4) is 0 Å². The van der Waals surface area contributed by atoms with E-state index in [4.69, 9.17) is 4.74 Å². The van der Waals surface area contributed by atoms with Crippen LogP contribution in [0.2, 0.25) is 0 Å². The first-order valence-corrected chi connectivity index (χ1v) is 6.57. The zero-order chi connectivity index (χ0) is 12.4. The number of piperidine rings is 1. The first kappa shape index (κ1) is 11.7. The van der Waals surface area contributed by atoms with Gasteiger partial charge < -0.3 is 10.1 Å². The highest BCUT2D eigenvalue weighted by Gasteiger charge is 2.15. The maximum Gasteiger partial charge on any atom is 0.0960 e. The lowest BCUT2D eigenvalue weighted by atomic mass is 10.1. The topological polar surface area (TPSA) is 39.1 Å². The lowest BCUT2D eigenvalue weighted by Gasteiger charge is -2.22. The Hall–Kier alpha value is -1.39. The van der Waals surface area contributed by atoms with E-state index in [-0.39, 0.29) is 0 Å². The fourth-order valence-electron chi connectivity index (χ4n) is 2.55. The molecule has 1 atom stereocenters. The molecule has 0 bridgehead atoms. The molecule has 1 aromatic carbocycles. The number of aromatic nitrogens is 2. The Morgan fingerprint density at radius 1 is 1.44 bits per heavy atom. The largest absolute Gasteiger partial charge is 0.371 e. The SMILES string of the molecule is Cn1nc(COC2CCCNC2)c2ccccc21. The summed E-state index contributed by atoms with van der Waals surface area (Å²) >= 11 is 0. The number of hydrogen-bond acceptors (Lipinski definition) is 3. The van der Waals surface area contributed by atoms with Crippen molar-refractivity contribution in [2.45, 2.75) is 25.6 Å². The van der Waals surface area contributed by atoms with Crippen LogP contribution < -0.4 is 5.32 Å². The van der Waals surface area contributed by atoms with Crippen LogP contribution in [0.25, 0.3) is 10.9 Å². The van der Waals surface area contributed by atoms with E-state index < -0.39 is 0 Å². The molecule has 1 N–H and O–H groups in total. The molecular formula is C14H19N3O. The summed E-state index contributed by atoms with van der Waals surface area (Å²) in [5, 5.41) is 9.11. The van der Waals surface area contributed by atoms with Crippen LogP contribution in [-0.2, 0) is 18.4 Å². The van der Waals surface area contributed by atoms with Crippen LogP contribution in [0.4, 0.5) is 0 Å². The van der Waals surface area contributed by atoms with Crippen molar-refractivity contribution in [3.05, 3.63) is 30.0 Å². The highest BCUT2D eigenvalue weighted by Crippen LogP contribution is 2.19. The molecule has 96 valence electrons. The highest BCUT2D eigenvalue weighted by atomic mass is 16.5. The zero-order valence-electron chi connectivity index (χ0n) is 10.7. The molecule has 4 nitrogen and oxygen atoms in total. The molecule has 1 fully saturated rings. The molecule has 0 saturated carbocycles. The van der Waals surface area contributed by atoms with E-state index >= 15 is 0 Å². The van der Waals surface area contributed by atoms with Crippen LogP contribution in [0.5, 0.6) is 0 Å². The third kappa shape index (κ3) is 2.26. The van der Waals surface area contributed by atoms with Crippen LogP contribution >= 0.6 is 0 Å². The minimum Gasteiger partial charge on any atom is -0.371 e. The molecule has 1 aromatic heterocycles. The lowest BCUT2D eigenvalue weighted by Crippen LogP contribution is -2.35. The number of hydrogen-bond donors (Lipinski definition) is 1. The van der Waals surface area contributed by atoms with Gasteiger partial charge >= 0.3 is 0 Å². The van der Waals surface area contributed by atoms with Gasteiger partial charge in [0.25, 0.3) is 0 Å². The first-order chi connectivity index (χ1) is 8.84. The Morgan fingerprint density at radius 2 is 2.33 bits per heavy atom. The molecular weight excluding hydrogens is 226 g/mol. The molecule has 3 rings (SSSR count). The number of nitrogens with one attached hydrogen (secondary N) is 1. The maximum absolute atomic E-state index is 5.95. The second-order valence-electron chi connectivity index (χ2n) is 4.87. The molecule has 18 heavy (non-hydrogen) atoms. The van der Waals surface area contributed by atoms with Crippen molar-refractivity contribution in [1.82, 2.24) is 15.1 Å². The number of ether oxygens (including phenoxy) is 1.